The minimum absolute atomic E-state index is 0.0201. The van der Waals surface area contributed by atoms with E-state index in [-0.39, 0.29) is 22.6 Å². The Kier molecular flexibility index (Phi) is 8.62. The topological polar surface area (TPSA) is 86.0 Å². The van der Waals surface area contributed by atoms with Gasteiger partial charge >= 0.3 is 12.1 Å². The number of amidine groups is 2. The summed E-state index contributed by atoms with van der Waals surface area (Å²) < 4.78 is 47.2. The summed E-state index contributed by atoms with van der Waals surface area (Å²) in [6.45, 7) is 8.62. The molecule has 0 fully saturated rings. The third-order valence-electron chi connectivity index (χ3n) is 7.62. The molecule has 1 heterocycles. The zero-order valence-electron chi connectivity index (χ0n) is 25.0. The third kappa shape index (κ3) is 6.24. The van der Waals surface area contributed by atoms with Crippen LogP contribution in [0.1, 0.15) is 79.6 Å². The second kappa shape index (κ2) is 12.1. The van der Waals surface area contributed by atoms with E-state index in [1.165, 1.54) is 17.8 Å². The maximum Gasteiger partial charge on any atom is 0.416 e. The zero-order valence-corrected chi connectivity index (χ0v) is 25.9. The second-order valence-corrected chi connectivity index (χ2v) is 13.0. The Balaban J connectivity index is 1.78. The van der Waals surface area contributed by atoms with Gasteiger partial charge in [0, 0.05) is 31.9 Å². The average molecular weight is 618 g/mol. The Morgan fingerprint density at radius 2 is 1.61 bits per heavy atom. The van der Waals surface area contributed by atoms with Crippen LogP contribution in [-0.2, 0) is 16.3 Å². The fourth-order valence-corrected chi connectivity index (χ4v) is 6.46. The van der Waals surface area contributed by atoms with Crippen molar-refractivity contribution >= 4 is 40.2 Å². The number of rotatable bonds is 8. The van der Waals surface area contributed by atoms with Crippen LogP contribution in [0.5, 0.6) is 0 Å². The number of benzene rings is 4. The molecule has 0 spiro atoms. The highest BCUT2D eigenvalue weighted by Crippen LogP contribution is 2.46. The number of alkyl halides is 3. The van der Waals surface area contributed by atoms with E-state index in [1.807, 2.05) is 30.3 Å². The lowest BCUT2D eigenvalue weighted by Gasteiger charge is -2.24. The van der Waals surface area contributed by atoms with Crippen LogP contribution in [0.2, 0.25) is 0 Å². The van der Waals surface area contributed by atoms with Crippen molar-refractivity contribution in [2.45, 2.75) is 68.3 Å². The van der Waals surface area contributed by atoms with E-state index in [9.17, 15) is 18.0 Å². The SMILES string of the molecule is CCCCCOC(=O)c1ccccc1Sc1cc(C(C)(C)C)cc2cc3c(c(-c4cccc(C(F)(F)F)c4)c12)C(=N)NC3=N. The van der Waals surface area contributed by atoms with Crippen molar-refractivity contribution in [3.8, 4) is 11.1 Å². The molecule has 0 saturated carbocycles. The molecular formula is C35H34F3N3O2S. The molecule has 4 aromatic rings. The molecule has 0 aromatic heterocycles. The normalized spacial score (nSPS) is 13.2. The van der Waals surface area contributed by atoms with E-state index in [0.29, 0.717) is 39.1 Å². The number of ether oxygens (including phenoxy) is 1. The fraction of sp³-hybridized carbons (Fsp3) is 0.286. The van der Waals surface area contributed by atoms with Gasteiger partial charge in [0.05, 0.1) is 17.7 Å². The van der Waals surface area contributed by atoms with Crippen molar-refractivity contribution < 1.29 is 22.7 Å². The van der Waals surface area contributed by atoms with Gasteiger partial charge in [0.2, 0.25) is 0 Å². The van der Waals surface area contributed by atoms with Crippen LogP contribution < -0.4 is 5.32 Å². The summed E-state index contributed by atoms with van der Waals surface area (Å²) in [5, 5.41) is 21.3. The van der Waals surface area contributed by atoms with Crippen LogP contribution in [0.3, 0.4) is 0 Å². The van der Waals surface area contributed by atoms with Crippen molar-refractivity contribution in [2.24, 2.45) is 0 Å². The largest absolute Gasteiger partial charge is 0.462 e. The van der Waals surface area contributed by atoms with Crippen molar-refractivity contribution in [3.05, 3.63) is 94.5 Å². The van der Waals surface area contributed by atoms with E-state index in [2.05, 4.69) is 33.0 Å². The van der Waals surface area contributed by atoms with Gasteiger partial charge in [0.1, 0.15) is 11.7 Å². The number of hydrogen-bond acceptors (Lipinski definition) is 5. The first-order chi connectivity index (χ1) is 20.8. The first-order valence-corrected chi connectivity index (χ1v) is 15.3. The smallest absolute Gasteiger partial charge is 0.416 e. The highest BCUT2D eigenvalue weighted by molar-refractivity contribution is 7.99. The van der Waals surface area contributed by atoms with Crippen LogP contribution >= 0.6 is 11.8 Å². The number of carbonyl (C=O) groups excluding carboxylic acids is 1. The molecule has 0 bridgehead atoms. The predicted octanol–water partition coefficient (Wildman–Crippen LogP) is 9.58. The molecule has 0 saturated heterocycles. The van der Waals surface area contributed by atoms with Gasteiger partial charge in [0.15, 0.2) is 0 Å². The molecule has 5 rings (SSSR count). The monoisotopic (exact) mass is 617 g/mol. The minimum Gasteiger partial charge on any atom is -0.462 e. The molecule has 3 N–H and O–H groups in total. The summed E-state index contributed by atoms with van der Waals surface area (Å²) in [5.41, 5.74) is 1.85. The number of fused-ring (bicyclic) bond motifs is 2. The van der Waals surface area contributed by atoms with Crippen molar-refractivity contribution in [2.75, 3.05) is 6.61 Å². The van der Waals surface area contributed by atoms with Crippen LogP contribution in [0.4, 0.5) is 13.2 Å². The maximum absolute atomic E-state index is 13.9. The third-order valence-corrected chi connectivity index (χ3v) is 8.74. The van der Waals surface area contributed by atoms with Crippen LogP contribution in [0.25, 0.3) is 21.9 Å². The lowest BCUT2D eigenvalue weighted by molar-refractivity contribution is -0.137. The zero-order chi connectivity index (χ0) is 31.8. The lowest BCUT2D eigenvalue weighted by atomic mass is 9.83. The van der Waals surface area contributed by atoms with Crippen LogP contribution in [-0.4, -0.2) is 24.2 Å². The number of carbonyl (C=O) groups is 1. The van der Waals surface area contributed by atoms with Crippen molar-refractivity contribution in [1.82, 2.24) is 5.32 Å². The van der Waals surface area contributed by atoms with Gasteiger partial charge in [-0.15, -0.1) is 0 Å². The van der Waals surface area contributed by atoms with Gasteiger partial charge in [-0.3, -0.25) is 10.8 Å². The van der Waals surface area contributed by atoms with E-state index in [0.717, 1.165) is 47.2 Å². The standard InChI is InChI=1S/C35H34F3N3O2S/c1-5-6-9-15-43-33(42)24-13-7-8-14-26(24)44-27-19-23(34(2,3)4)17-21-18-25-30(32(40)41-31(25)39)29(28(21)27)20-11-10-12-22(16-20)35(36,37)38/h7-8,10-14,16-19H,5-6,9,15H2,1-4H3,(H3,39,40,41). The molecule has 4 aromatic carbocycles. The van der Waals surface area contributed by atoms with Gasteiger partial charge in [-0.25, -0.2) is 4.79 Å². The van der Waals surface area contributed by atoms with Crippen LogP contribution in [0, 0.1) is 10.8 Å². The maximum atomic E-state index is 13.9. The van der Waals surface area contributed by atoms with Crippen molar-refractivity contribution in [1.29, 1.82) is 10.8 Å². The van der Waals surface area contributed by atoms with Gasteiger partial charge in [-0.05, 0) is 64.7 Å². The van der Waals surface area contributed by atoms with Gasteiger partial charge < -0.3 is 10.1 Å². The first kappa shape index (κ1) is 31.3. The summed E-state index contributed by atoms with van der Waals surface area (Å²) in [4.78, 5) is 14.5. The molecule has 228 valence electrons. The molecule has 0 aliphatic carbocycles. The second-order valence-electron chi connectivity index (χ2n) is 11.9. The summed E-state index contributed by atoms with van der Waals surface area (Å²) in [6, 6.07) is 18.1. The Hall–Kier alpha value is -4.11. The quantitative estimate of drug-likeness (QED) is 0.136. The Labute approximate surface area is 259 Å². The number of halogens is 3. The van der Waals surface area contributed by atoms with E-state index in [4.69, 9.17) is 15.6 Å². The van der Waals surface area contributed by atoms with Crippen molar-refractivity contribution in [3.63, 3.8) is 0 Å². The van der Waals surface area contributed by atoms with Crippen LogP contribution in [0.15, 0.2) is 76.5 Å². The van der Waals surface area contributed by atoms with Gasteiger partial charge in [-0.1, -0.05) is 82.6 Å². The van der Waals surface area contributed by atoms with E-state index < -0.39 is 17.7 Å². The van der Waals surface area contributed by atoms with Gasteiger partial charge in [0.25, 0.3) is 0 Å². The Morgan fingerprint density at radius 3 is 2.32 bits per heavy atom. The number of nitrogens with one attached hydrogen (secondary N) is 3. The average Bonchev–Trinajstić information content (AvgIpc) is 3.25. The molecule has 9 heteroatoms. The lowest BCUT2D eigenvalue weighted by Crippen LogP contribution is -2.20. The Morgan fingerprint density at radius 1 is 0.864 bits per heavy atom. The molecule has 44 heavy (non-hydrogen) atoms. The molecule has 5 nitrogen and oxygen atoms in total. The predicted molar refractivity (Wildman–Crippen MR) is 170 cm³/mol. The molecule has 0 unspecified atom stereocenters. The molecule has 0 radical (unpaired) electrons. The van der Waals surface area contributed by atoms with E-state index >= 15 is 0 Å². The number of hydrogen-bond donors (Lipinski definition) is 3. The number of unbranched alkanes of at least 4 members (excludes halogenated alkanes) is 2. The highest BCUT2D eigenvalue weighted by Gasteiger charge is 2.33. The summed E-state index contributed by atoms with van der Waals surface area (Å²) >= 11 is 1.34. The van der Waals surface area contributed by atoms with E-state index in [1.54, 1.807) is 18.2 Å². The Bertz CT molecular complexity index is 1790. The molecular weight excluding hydrogens is 583 g/mol. The molecule has 0 atom stereocenters. The minimum atomic E-state index is -4.56. The molecule has 1 aliphatic rings. The summed E-state index contributed by atoms with van der Waals surface area (Å²) in [7, 11) is 0. The number of esters is 1. The van der Waals surface area contributed by atoms with Gasteiger partial charge in [-0.2, -0.15) is 13.2 Å². The summed E-state index contributed by atoms with van der Waals surface area (Å²) in [5.74, 6) is -0.461. The summed E-state index contributed by atoms with van der Waals surface area (Å²) in [6.07, 6.45) is -1.82. The molecule has 1 aliphatic heterocycles. The fourth-order valence-electron chi connectivity index (χ4n) is 5.31. The molecule has 0 amide bonds. The first-order valence-electron chi connectivity index (χ1n) is 14.5. The highest BCUT2D eigenvalue weighted by atomic mass is 32.2.